The second-order valence-electron chi connectivity index (χ2n) is 12.4. The number of rotatable bonds is 7. The molecule has 10 nitrogen and oxygen atoms in total. The number of hydrogen-bond acceptors (Lipinski definition) is 8. The molecule has 2 aromatic rings. The average molecular weight is 623 g/mol. The first-order valence-corrected chi connectivity index (χ1v) is 16.7. The molecule has 0 unspecified atom stereocenters. The minimum absolute atomic E-state index is 0.0653. The van der Waals surface area contributed by atoms with Gasteiger partial charge in [0.25, 0.3) is 0 Å². The zero-order valence-electron chi connectivity index (χ0n) is 24.7. The Hall–Kier alpha value is -3.60. The normalized spacial score (nSPS) is 26.2. The summed E-state index contributed by atoms with van der Waals surface area (Å²) in [5.74, 6) is 3.66. The molecular weight excluding hydrogens is 584 g/mol. The molecule has 44 heavy (non-hydrogen) atoms. The van der Waals surface area contributed by atoms with E-state index in [1.54, 1.807) is 0 Å². The lowest BCUT2D eigenvalue weighted by atomic mass is 10.1. The Labute approximate surface area is 260 Å². The number of fused-ring (bicyclic) bond motifs is 2. The van der Waals surface area contributed by atoms with E-state index in [4.69, 9.17) is 24.1 Å². The van der Waals surface area contributed by atoms with Crippen LogP contribution in [0.3, 0.4) is 0 Å². The first kappa shape index (κ1) is 29.1. The zero-order valence-corrected chi connectivity index (χ0v) is 25.5. The van der Waals surface area contributed by atoms with Crippen LogP contribution in [0.2, 0.25) is 0 Å². The minimum Gasteiger partial charge on any atom is -0.481 e. The van der Waals surface area contributed by atoms with Gasteiger partial charge in [-0.1, -0.05) is 25.0 Å². The standard InChI is InChI=1S/C22H28N2O4S.C11H10O4/c25-21(13-29-16-3-1-2-4-16)23-7-9-24(10-8-23)22(26)18-12-17(18)15-5-6-19-20(11-15)28-14-27-19;12-11(13)8-4-7(8)6-1-2-9-10(3-6)15-5-14-9/h5-6,11,16-18H,1-4,7-10,12-14H2;1-3,7-8H,4-5H2,(H,12,13)/t17-,18+;7-,8+/m00/s1. The molecule has 1 saturated heterocycles. The number of carboxylic acids is 1. The van der Waals surface area contributed by atoms with Crippen LogP contribution in [0.25, 0.3) is 0 Å². The van der Waals surface area contributed by atoms with Crippen LogP contribution < -0.4 is 18.9 Å². The fraction of sp³-hybridized carbons (Fsp3) is 0.545. The van der Waals surface area contributed by atoms with E-state index in [0.717, 1.165) is 47.0 Å². The van der Waals surface area contributed by atoms with Crippen LogP contribution in [-0.2, 0) is 14.4 Å². The van der Waals surface area contributed by atoms with Crippen LogP contribution in [0.5, 0.6) is 23.0 Å². The number of nitrogens with zero attached hydrogens (tertiary/aromatic N) is 2. The van der Waals surface area contributed by atoms with E-state index in [1.165, 1.54) is 25.7 Å². The Bertz CT molecular complexity index is 1420. The van der Waals surface area contributed by atoms with Crippen molar-refractivity contribution < 1.29 is 38.4 Å². The molecule has 2 aromatic carbocycles. The molecule has 8 rings (SSSR count). The van der Waals surface area contributed by atoms with Gasteiger partial charge in [-0.05, 0) is 72.9 Å². The van der Waals surface area contributed by atoms with Crippen molar-refractivity contribution in [3.63, 3.8) is 0 Å². The maximum absolute atomic E-state index is 12.9. The summed E-state index contributed by atoms with van der Waals surface area (Å²) in [6.07, 6.45) is 6.76. The molecule has 11 heteroatoms. The highest BCUT2D eigenvalue weighted by molar-refractivity contribution is 8.00. The Morgan fingerprint density at radius 2 is 1.25 bits per heavy atom. The van der Waals surface area contributed by atoms with E-state index in [9.17, 15) is 14.4 Å². The van der Waals surface area contributed by atoms with E-state index in [-0.39, 0.29) is 49.1 Å². The van der Waals surface area contributed by atoms with Crippen molar-refractivity contribution in [1.29, 1.82) is 0 Å². The Kier molecular flexibility index (Phi) is 8.22. The fourth-order valence-corrected chi connectivity index (χ4v) is 7.93. The van der Waals surface area contributed by atoms with Crippen LogP contribution in [0.1, 0.15) is 61.5 Å². The average Bonchev–Trinajstić information content (AvgIpc) is 3.81. The van der Waals surface area contributed by atoms with E-state index in [2.05, 4.69) is 0 Å². The molecule has 4 fully saturated rings. The molecule has 2 amide bonds. The van der Waals surface area contributed by atoms with Gasteiger partial charge in [-0.15, -0.1) is 11.8 Å². The van der Waals surface area contributed by atoms with E-state index >= 15 is 0 Å². The van der Waals surface area contributed by atoms with Crippen LogP contribution in [0.15, 0.2) is 36.4 Å². The largest absolute Gasteiger partial charge is 0.481 e. The lowest BCUT2D eigenvalue weighted by Gasteiger charge is -2.35. The third-order valence-electron chi connectivity index (χ3n) is 9.55. The van der Waals surface area contributed by atoms with Crippen LogP contribution in [-0.4, -0.2) is 83.5 Å². The minimum atomic E-state index is -0.710. The molecule has 3 heterocycles. The highest BCUT2D eigenvalue weighted by Gasteiger charge is 2.47. The molecule has 0 bridgehead atoms. The SMILES string of the molecule is O=C(CSC1CCCC1)N1CCN(C(=O)[C@@H]2C[C@H]2c2ccc3c(c2)OCO3)CC1.O=C(O)[C@@H]1C[C@H]1c1ccc2c(c1)OCO2. The topological polar surface area (TPSA) is 115 Å². The number of carbonyl (C=O) groups excluding carboxylic acids is 2. The highest BCUT2D eigenvalue weighted by atomic mass is 32.2. The van der Waals surface area contributed by atoms with Gasteiger partial charge in [0.2, 0.25) is 25.4 Å². The van der Waals surface area contributed by atoms with Gasteiger partial charge in [-0.3, -0.25) is 14.4 Å². The van der Waals surface area contributed by atoms with Gasteiger partial charge < -0.3 is 33.9 Å². The summed E-state index contributed by atoms with van der Waals surface area (Å²) < 4.78 is 21.3. The number of hydrogen-bond donors (Lipinski definition) is 1. The molecular formula is C33H38N2O8S. The van der Waals surface area contributed by atoms with E-state index in [1.807, 2.05) is 58.0 Å². The summed E-state index contributed by atoms with van der Waals surface area (Å²) in [5.41, 5.74) is 2.19. The van der Waals surface area contributed by atoms with Crippen molar-refractivity contribution in [3.05, 3.63) is 47.5 Å². The van der Waals surface area contributed by atoms with Crippen LogP contribution in [0, 0.1) is 11.8 Å². The first-order chi connectivity index (χ1) is 21.4. The van der Waals surface area contributed by atoms with Crippen molar-refractivity contribution in [2.24, 2.45) is 11.8 Å². The number of ether oxygens (including phenoxy) is 4. The summed E-state index contributed by atoms with van der Waals surface area (Å²) in [7, 11) is 0. The highest BCUT2D eigenvalue weighted by Crippen LogP contribution is 2.51. The maximum Gasteiger partial charge on any atom is 0.307 e. The van der Waals surface area contributed by atoms with Crippen LogP contribution in [0.4, 0.5) is 0 Å². The molecule has 0 spiro atoms. The summed E-state index contributed by atoms with van der Waals surface area (Å²) in [6, 6.07) is 11.6. The number of aliphatic carboxylic acids is 1. The smallest absolute Gasteiger partial charge is 0.307 e. The number of piperazine rings is 1. The molecule has 3 aliphatic heterocycles. The lowest BCUT2D eigenvalue weighted by Crippen LogP contribution is -2.51. The summed E-state index contributed by atoms with van der Waals surface area (Å²) in [6.45, 7) is 3.17. The van der Waals surface area contributed by atoms with Crippen molar-refractivity contribution in [2.45, 2.75) is 55.6 Å². The Morgan fingerprint density at radius 1 is 0.727 bits per heavy atom. The van der Waals surface area contributed by atoms with Gasteiger partial charge >= 0.3 is 5.97 Å². The molecule has 1 N–H and O–H groups in total. The van der Waals surface area contributed by atoms with Crippen molar-refractivity contribution in [3.8, 4) is 23.0 Å². The van der Waals surface area contributed by atoms with E-state index < -0.39 is 5.97 Å². The molecule has 0 radical (unpaired) electrons. The van der Waals surface area contributed by atoms with Crippen LogP contribution >= 0.6 is 11.8 Å². The lowest BCUT2D eigenvalue weighted by molar-refractivity contribution is -0.139. The predicted molar refractivity (Wildman–Crippen MR) is 162 cm³/mol. The van der Waals surface area contributed by atoms with Gasteiger partial charge in [0, 0.05) is 37.3 Å². The predicted octanol–water partition coefficient (Wildman–Crippen LogP) is 4.47. The summed E-state index contributed by atoms with van der Waals surface area (Å²) in [5, 5.41) is 9.49. The first-order valence-electron chi connectivity index (χ1n) is 15.6. The fourth-order valence-electron chi connectivity index (χ4n) is 6.71. The monoisotopic (exact) mass is 622 g/mol. The number of amides is 2. The molecule has 3 aliphatic carbocycles. The molecule has 4 atom stereocenters. The number of thioether (sulfide) groups is 1. The van der Waals surface area contributed by atoms with Crippen molar-refractivity contribution in [2.75, 3.05) is 45.5 Å². The number of benzene rings is 2. The number of carbonyl (C=O) groups is 3. The zero-order chi connectivity index (χ0) is 30.2. The summed E-state index contributed by atoms with van der Waals surface area (Å²) >= 11 is 1.82. The van der Waals surface area contributed by atoms with Crippen molar-refractivity contribution in [1.82, 2.24) is 9.80 Å². The van der Waals surface area contributed by atoms with Gasteiger partial charge in [0.15, 0.2) is 23.0 Å². The second kappa shape index (κ2) is 12.4. The van der Waals surface area contributed by atoms with Gasteiger partial charge in [-0.2, -0.15) is 0 Å². The quantitative estimate of drug-likeness (QED) is 0.478. The molecule has 234 valence electrons. The van der Waals surface area contributed by atoms with E-state index in [0.29, 0.717) is 37.2 Å². The number of carboxylic acid groups (broad SMARTS) is 1. The molecule has 6 aliphatic rings. The van der Waals surface area contributed by atoms with Crippen molar-refractivity contribution >= 4 is 29.5 Å². The second-order valence-corrected chi connectivity index (χ2v) is 13.7. The summed E-state index contributed by atoms with van der Waals surface area (Å²) in [4.78, 5) is 40.0. The third kappa shape index (κ3) is 6.29. The maximum atomic E-state index is 12.9. The van der Waals surface area contributed by atoms with Gasteiger partial charge in [-0.25, -0.2) is 0 Å². The van der Waals surface area contributed by atoms with Gasteiger partial charge in [0.1, 0.15) is 0 Å². The Morgan fingerprint density at radius 3 is 1.82 bits per heavy atom. The molecule has 0 aromatic heterocycles. The molecule has 3 saturated carbocycles. The third-order valence-corrected chi connectivity index (χ3v) is 10.9. The van der Waals surface area contributed by atoms with Gasteiger partial charge in [0.05, 0.1) is 11.7 Å². The Balaban J connectivity index is 0.000000174.